The van der Waals surface area contributed by atoms with E-state index in [9.17, 15) is 9.90 Å². The van der Waals surface area contributed by atoms with Gasteiger partial charge in [-0.2, -0.15) is 0 Å². The lowest BCUT2D eigenvalue weighted by Gasteiger charge is -2.27. The highest BCUT2D eigenvalue weighted by molar-refractivity contribution is 6.36. The highest BCUT2D eigenvalue weighted by Crippen LogP contribution is 2.40. The summed E-state index contributed by atoms with van der Waals surface area (Å²) < 4.78 is 17.1. The Morgan fingerprint density at radius 1 is 1.00 bits per heavy atom. The number of allylic oxidation sites excluding steroid dienone is 1. The van der Waals surface area contributed by atoms with Gasteiger partial charge < -0.3 is 19.3 Å². The van der Waals surface area contributed by atoms with Crippen molar-refractivity contribution < 1.29 is 24.1 Å². The van der Waals surface area contributed by atoms with E-state index < -0.39 is 5.97 Å². The van der Waals surface area contributed by atoms with Crippen LogP contribution in [0.3, 0.4) is 0 Å². The van der Waals surface area contributed by atoms with Crippen molar-refractivity contribution in [2.75, 3.05) is 13.7 Å². The van der Waals surface area contributed by atoms with Crippen LogP contribution in [0.15, 0.2) is 65.9 Å². The number of aliphatic hydroxyl groups excluding tert-OH is 1. The van der Waals surface area contributed by atoms with Crippen molar-refractivity contribution >= 4 is 40.8 Å². The molecule has 0 aromatic heterocycles. The largest absolute Gasteiger partial charge is 0.512 e. The van der Waals surface area contributed by atoms with Crippen molar-refractivity contribution in [3.63, 3.8) is 0 Å². The van der Waals surface area contributed by atoms with Crippen molar-refractivity contribution in [3.05, 3.63) is 103 Å². The molecule has 1 fully saturated rings. The normalized spacial score (nSPS) is 17.2. The molecule has 3 aromatic carbocycles. The molecule has 2 aliphatic rings. The third-order valence-electron chi connectivity index (χ3n) is 6.94. The van der Waals surface area contributed by atoms with E-state index in [1.165, 1.54) is 7.11 Å². The van der Waals surface area contributed by atoms with E-state index in [0.717, 1.165) is 47.9 Å². The smallest absolute Gasteiger partial charge is 0.337 e. The van der Waals surface area contributed by atoms with Crippen LogP contribution in [-0.4, -0.2) is 24.8 Å². The van der Waals surface area contributed by atoms with E-state index in [4.69, 9.17) is 49.0 Å². The summed E-state index contributed by atoms with van der Waals surface area (Å²) in [6.45, 7) is 0.184. The van der Waals surface area contributed by atoms with Gasteiger partial charge in [-0.3, -0.25) is 0 Å². The van der Waals surface area contributed by atoms with Crippen molar-refractivity contribution in [1.82, 2.24) is 0 Å². The Kier molecular flexibility index (Phi) is 8.08. The number of methoxy groups -OCH3 is 1. The zero-order valence-electron chi connectivity index (χ0n) is 20.8. The summed E-state index contributed by atoms with van der Waals surface area (Å²) in [5, 5.41) is 12.5. The van der Waals surface area contributed by atoms with Gasteiger partial charge in [0.2, 0.25) is 0 Å². The molecule has 1 N–H and O–H groups in total. The van der Waals surface area contributed by atoms with Crippen LogP contribution in [0.4, 0.5) is 0 Å². The average Bonchev–Trinajstić information content (AvgIpc) is 3.77. The highest BCUT2D eigenvalue weighted by atomic mass is 35.5. The molecule has 1 aliphatic heterocycles. The van der Waals surface area contributed by atoms with Crippen LogP contribution in [0.25, 0.3) is 0 Å². The van der Waals surface area contributed by atoms with Crippen molar-refractivity contribution in [3.8, 4) is 11.5 Å². The quantitative estimate of drug-likeness (QED) is 0.217. The Labute approximate surface area is 236 Å². The van der Waals surface area contributed by atoms with Crippen LogP contribution in [0.1, 0.15) is 52.4 Å². The van der Waals surface area contributed by atoms with E-state index in [2.05, 4.69) is 0 Å². The summed E-state index contributed by atoms with van der Waals surface area (Å²) in [5.74, 6) is 1.34. The number of benzene rings is 3. The lowest BCUT2D eigenvalue weighted by atomic mass is 9.96. The summed E-state index contributed by atoms with van der Waals surface area (Å²) in [4.78, 5) is 11.9. The van der Waals surface area contributed by atoms with Gasteiger partial charge in [0.05, 0.1) is 23.5 Å². The second-order valence-electron chi connectivity index (χ2n) is 9.57. The molecule has 1 atom stereocenters. The van der Waals surface area contributed by atoms with Crippen molar-refractivity contribution in [2.24, 2.45) is 5.92 Å². The van der Waals surface area contributed by atoms with Crippen molar-refractivity contribution in [2.45, 2.75) is 38.2 Å². The first kappa shape index (κ1) is 26.7. The number of hydrogen-bond donors (Lipinski definition) is 1. The third-order valence-corrected chi connectivity index (χ3v) is 7.98. The van der Waals surface area contributed by atoms with Gasteiger partial charge in [-0.25, -0.2) is 4.79 Å². The predicted octanol–water partition coefficient (Wildman–Crippen LogP) is 8.34. The average molecular weight is 574 g/mol. The zero-order valence-corrected chi connectivity index (χ0v) is 23.1. The summed E-state index contributed by atoms with van der Waals surface area (Å²) in [7, 11) is 1.35. The maximum atomic E-state index is 11.9. The fraction of sp³-hybridized carbons (Fsp3) is 0.300. The minimum absolute atomic E-state index is 0.159. The van der Waals surface area contributed by atoms with Crippen LogP contribution in [-0.2, 0) is 17.6 Å². The minimum Gasteiger partial charge on any atom is -0.512 e. The molecule has 0 saturated heterocycles. The SMILES string of the molecule is COC(=O)c1ccc2c(c1)OC(c1ccc(OC/C(Cc3c(Cl)cccc3Cl)=C(/O)C3CC3)cc1Cl)CC2. The van der Waals surface area contributed by atoms with Crippen molar-refractivity contribution in [1.29, 1.82) is 0 Å². The van der Waals surface area contributed by atoms with Crippen LogP contribution < -0.4 is 9.47 Å². The number of ether oxygens (including phenoxy) is 3. The van der Waals surface area contributed by atoms with Gasteiger partial charge >= 0.3 is 5.97 Å². The van der Waals surface area contributed by atoms with Crippen LogP contribution in [0.2, 0.25) is 15.1 Å². The first-order valence-corrected chi connectivity index (χ1v) is 13.6. The monoisotopic (exact) mass is 572 g/mol. The Balaban J connectivity index is 1.30. The molecule has 0 bridgehead atoms. The molecule has 38 heavy (non-hydrogen) atoms. The van der Waals surface area contributed by atoms with Gasteiger partial charge in [-0.15, -0.1) is 0 Å². The molecule has 0 radical (unpaired) electrons. The first-order chi connectivity index (χ1) is 18.3. The van der Waals surface area contributed by atoms with Crippen LogP contribution >= 0.6 is 34.8 Å². The summed E-state index contributed by atoms with van der Waals surface area (Å²) in [5.41, 5.74) is 3.83. The second kappa shape index (κ2) is 11.5. The minimum atomic E-state index is -0.406. The third kappa shape index (κ3) is 5.90. The van der Waals surface area contributed by atoms with Gasteiger partial charge in [0, 0.05) is 33.5 Å². The lowest BCUT2D eigenvalue weighted by molar-refractivity contribution is 0.0599. The van der Waals surface area contributed by atoms with Gasteiger partial charge in [0.15, 0.2) is 0 Å². The number of aryl methyl sites for hydroxylation is 1. The zero-order chi connectivity index (χ0) is 26.8. The standard InChI is InChI=1S/C30H27Cl3O5/c1-36-30(35)19-8-5-17-9-12-27(38-28(17)14-19)22-11-10-21(15-26(22)33)37-16-20(29(34)18-6-7-18)13-23-24(31)3-2-4-25(23)32/h2-5,8,10-11,14-15,18,27,34H,6-7,9,12-13,16H2,1H3/b29-20+. The number of esters is 1. The Bertz CT molecular complexity index is 1380. The molecule has 8 heteroatoms. The number of rotatable bonds is 8. The molecule has 1 saturated carbocycles. The molecular weight excluding hydrogens is 547 g/mol. The molecule has 0 spiro atoms. The fourth-order valence-corrected chi connectivity index (χ4v) is 5.46. The maximum absolute atomic E-state index is 11.9. The molecule has 5 nitrogen and oxygen atoms in total. The second-order valence-corrected chi connectivity index (χ2v) is 10.8. The van der Waals surface area contributed by atoms with Gasteiger partial charge in [-0.05, 0) is 73.2 Å². The molecule has 1 unspecified atom stereocenters. The van der Waals surface area contributed by atoms with Crippen LogP contribution in [0.5, 0.6) is 11.5 Å². The van der Waals surface area contributed by atoms with Gasteiger partial charge in [0.1, 0.15) is 24.2 Å². The topological polar surface area (TPSA) is 65.0 Å². The summed E-state index contributed by atoms with van der Waals surface area (Å²) >= 11 is 19.4. The number of fused-ring (bicyclic) bond motifs is 1. The molecule has 198 valence electrons. The maximum Gasteiger partial charge on any atom is 0.337 e. The Morgan fingerprint density at radius 2 is 1.76 bits per heavy atom. The lowest BCUT2D eigenvalue weighted by Crippen LogP contribution is -2.16. The van der Waals surface area contributed by atoms with E-state index in [1.54, 1.807) is 36.4 Å². The van der Waals surface area contributed by atoms with E-state index in [-0.39, 0.29) is 18.6 Å². The highest BCUT2D eigenvalue weighted by Gasteiger charge is 2.29. The number of aliphatic hydroxyl groups is 1. The number of carbonyl (C=O) groups excluding carboxylic acids is 1. The molecule has 0 amide bonds. The molecular formula is C30H27Cl3O5. The Hall–Kier alpha value is -2.86. The number of carbonyl (C=O) groups is 1. The molecule has 1 aliphatic carbocycles. The summed E-state index contributed by atoms with van der Waals surface area (Å²) in [6.07, 6.45) is 3.61. The van der Waals surface area contributed by atoms with E-state index in [0.29, 0.717) is 44.3 Å². The van der Waals surface area contributed by atoms with E-state index >= 15 is 0 Å². The molecule has 3 aromatic rings. The first-order valence-electron chi connectivity index (χ1n) is 12.5. The molecule has 1 heterocycles. The Morgan fingerprint density at radius 3 is 2.45 bits per heavy atom. The number of hydrogen-bond acceptors (Lipinski definition) is 5. The van der Waals surface area contributed by atoms with Gasteiger partial charge in [0.25, 0.3) is 0 Å². The van der Waals surface area contributed by atoms with E-state index in [1.807, 2.05) is 18.2 Å². The van der Waals surface area contributed by atoms with Gasteiger partial charge in [-0.1, -0.05) is 53.0 Å². The van der Waals surface area contributed by atoms with Crippen LogP contribution in [0, 0.1) is 5.92 Å². The molecule has 5 rings (SSSR count). The number of halogens is 3. The fourth-order valence-electron chi connectivity index (χ4n) is 4.64. The predicted molar refractivity (Wildman–Crippen MR) is 149 cm³/mol. The summed E-state index contributed by atoms with van der Waals surface area (Å²) in [6, 6.07) is 16.2.